The number of carbonyl (C=O) groups excluding carboxylic acids is 1. The van der Waals surface area contributed by atoms with Crippen LogP contribution in [-0.4, -0.2) is 26.3 Å². The van der Waals surface area contributed by atoms with E-state index < -0.39 is 10.0 Å². The molecule has 0 atom stereocenters. The molecule has 8 heteroatoms. The summed E-state index contributed by atoms with van der Waals surface area (Å²) in [7, 11) is -2.34. The van der Waals surface area contributed by atoms with Gasteiger partial charge in [0.05, 0.1) is 5.02 Å². The highest BCUT2D eigenvalue weighted by Crippen LogP contribution is 2.24. The van der Waals surface area contributed by atoms with Crippen molar-refractivity contribution in [3.05, 3.63) is 100 Å². The maximum atomic E-state index is 13.1. The first-order valence-electron chi connectivity index (χ1n) is 9.09. The summed E-state index contributed by atoms with van der Waals surface area (Å²) in [6.07, 6.45) is 0. The van der Waals surface area contributed by atoms with Crippen molar-refractivity contribution in [2.45, 2.75) is 18.0 Å². The molecule has 156 valence electrons. The van der Waals surface area contributed by atoms with Crippen molar-refractivity contribution < 1.29 is 17.6 Å². The van der Waals surface area contributed by atoms with Gasteiger partial charge in [-0.1, -0.05) is 54.1 Å². The Bertz CT molecular complexity index is 1140. The van der Waals surface area contributed by atoms with Crippen molar-refractivity contribution in [2.75, 3.05) is 7.05 Å². The molecule has 0 fully saturated rings. The Kier molecular flexibility index (Phi) is 6.87. The molecule has 0 unspecified atom stereocenters. The van der Waals surface area contributed by atoms with E-state index in [-0.39, 0.29) is 40.3 Å². The van der Waals surface area contributed by atoms with Crippen LogP contribution in [0.25, 0.3) is 0 Å². The van der Waals surface area contributed by atoms with Gasteiger partial charge in [-0.3, -0.25) is 4.79 Å². The quantitative estimate of drug-likeness (QED) is 0.590. The van der Waals surface area contributed by atoms with Gasteiger partial charge in [0.25, 0.3) is 5.91 Å². The number of carbonyl (C=O) groups is 1. The Hall–Kier alpha value is -2.74. The zero-order valence-electron chi connectivity index (χ0n) is 16.2. The standard InChI is InChI=1S/C22H20ClFN2O3S/c1-26(15-17-7-10-19(24)11-8-17)22(27)18-9-12-20(23)21(13-18)30(28,29)25-14-16-5-3-2-4-6-16/h2-13,25H,14-15H2,1H3. The molecular weight excluding hydrogens is 427 g/mol. The Labute approximate surface area is 180 Å². The first-order chi connectivity index (χ1) is 14.3. The zero-order chi connectivity index (χ0) is 21.7. The number of sulfonamides is 1. The number of halogens is 2. The highest BCUT2D eigenvalue weighted by molar-refractivity contribution is 7.89. The van der Waals surface area contributed by atoms with Crippen LogP contribution in [0.5, 0.6) is 0 Å². The summed E-state index contributed by atoms with van der Waals surface area (Å²) in [6.45, 7) is 0.345. The topological polar surface area (TPSA) is 66.5 Å². The number of rotatable bonds is 7. The lowest BCUT2D eigenvalue weighted by Gasteiger charge is -2.18. The second-order valence-electron chi connectivity index (χ2n) is 6.74. The predicted molar refractivity (Wildman–Crippen MR) is 114 cm³/mol. The number of nitrogens with one attached hydrogen (secondary N) is 1. The molecule has 30 heavy (non-hydrogen) atoms. The van der Waals surface area contributed by atoms with Crippen LogP contribution in [0.15, 0.2) is 77.7 Å². The summed E-state index contributed by atoms with van der Waals surface area (Å²) in [5, 5.41) is 0.0216. The molecule has 0 radical (unpaired) electrons. The molecule has 5 nitrogen and oxygen atoms in total. The summed E-state index contributed by atoms with van der Waals surface area (Å²) in [5.41, 5.74) is 1.73. The lowest BCUT2D eigenvalue weighted by atomic mass is 10.1. The number of benzene rings is 3. The minimum absolute atomic E-state index is 0.0216. The fraction of sp³-hybridized carbons (Fsp3) is 0.136. The van der Waals surface area contributed by atoms with Gasteiger partial charge in [-0.2, -0.15) is 0 Å². The van der Waals surface area contributed by atoms with E-state index in [9.17, 15) is 17.6 Å². The van der Waals surface area contributed by atoms with Crippen LogP contribution in [0.3, 0.4) is 0 Å². The third-order valence-corrected chi connectivity index (χ3v) is 6.34. The molecular formula is C22H20ClFN2O3S. The van der Waals surface area contributed by atoms with Gasteiger partial charge in [0, 0.05) is 25.7 Å². The summed E-state index contributed by atoms with van der Waals surface area (Å²) in [6, 6.07) is 19.0. The Morgan fingerprint density at radius 1 is 1.00 bits per heavy atom. The molecule has 0 spiro atoms. The maximum absolute atomic E-state index is 13.1. The van der Waals surface area contributed by atoms with Crippen LogP contribution in [0, 0.1) is 5.82 Å². The van der Waals surface area contributed by atoms with Crippen molar-refractivity contribution in [3.63, 3.8) is 0 Å². The lowest BCUT2D eigenvalue weighted by Crippen LogP contribution is -2.27. The normalized spacial score (nSPS) is 11.3. The SMILES string of the molecule is CN(Cc1ccc(F)cc1)C(=O)c1ccc(Cl)c(S(=O)(=O)NCc2ccccc2)c1. The molecule has 0 bridgehead atoms. The van der Waals surface area contributed by atoms with E-state index in [0.29, 0.717) is 0 Å². The number of hydrogen-bond acceptors (Lipinski definition) is 3. The minimum atomic E-state index is -3.93. The van der Waals surface area contributed by atoms with E-state index in [1.54, 1.807) is 31.3 Å². The average Bonchev–Trinajstić information content (AvgIpc) is 2.74. The molecule has 3 rings (SSSR count). The lowest BCUT2D eigenvalue weighted by molar-refractivity contribution is 0.0785. The summed E-state index contributed by atoms with van der Waals surface area (Å²) >= 11 is 6.11. The fourth-order valence-electron chi connectivity index (χ4n) is 2.85. The monoisotopic (exact) mass is 446 g/mol. The number of hydrogen-bond donors (Lipinski definition) is 1. The van der Waals surface area contributed by atoms with Crippen molar-refractivity contribution in [1.82, 2.24) is 9.62 Å². The van der Waals surface area contributed by atoms with Crippen molar-refractivity contribution in [2.24, 2.45) is 0 Å². The van der Waals surface area contributed by atoms with Gasteiger partial charge >= 0.3 is 0 Å². The van der Waals surface area contributed by atoms with E-state index in [0.717, 1.165) is 11.1 Å². The van der Waals surface area contributed by atoms with Crippen LogP contribution >= 0.6 is 11.6 Å². The van der Waals surface area contributed by atoms with E-state index >= 15 is 0 Å². The first-order valence-corrected chi connectivity index (χ1v) is 11.0. The van der Waals surface area contributed by atoms with E-state index in [1.807, 2.05) is 18.2 Å². The Balaban J connectivity index is 1.77. The molecule has 1 amide bonds. The first kappa shape index (κ1) is 22.0. The molecule has 0 aromatic heterocycles. The molecule has 0 heterocycles. The van der Waals surface area contributed by atoms with E-state index in [2.05, 4.69) is 4.72 Å². The van der Waals surface area contributed by atoms with Crippen LogP contribution < -0.4 is 4.72 Å². The second-order valence-corrected chi connectivity index (χ2v) is 8.89. The molecule has 0 aliphatic carbocycles. The molecule has 0 aliphatic rings. The van der Waals surface area contributed by atoms with Gasteiger partial charge in [0.2, 0.25) is 10.0 Å². The van der Waals surface area contributed by atoms with E-state index in [4.69, 9.17) is 11.6 Å². The molecule has 3 aromatic rings. The van der Waals surface area contributed by atoms with Gasteiger partial charge in [-0.05, 0) is 41.5 Å². The maximum Gasteiger partial charge on any atom is 0.253 e. The second kappa shape index (κ2) is 9.38. The number of amides is 1. The smallest absolute Gasteiger partial charge is 0.253 e. The van der Waals surface area contributed by atoms with Gasteiger partial charge in [-0.25, -0.2) is 17.5 Å². The average molecular weight is 447 g/mol. The Morgan fingerprint density at radius 2 is 1.67 bits per heavy atom. The predicted octanol–water partition coefficient (Wildman–Crippen LogP) is 4.23. The van der Waals surface area contributed by atoms with Gasteiger partial charge in [0.1, 0.15) is 10.7 Å². The van der Waals surface area contributed by atoms with Gasteiger partial charge in [-0.15, -0.1) is 0 Å². The van der Waals surface area contributed by atoms with Crippen LogP contribution in [0.1, 0.15) is 21.5 Å². The molecule has 0 saturated carbocycles. The highest BCUT2D eigenvalue weighted by atomic mass is 35.5. The van der Waals surface area contributed by atoms with Gasteiger partial charge in [0.15, 0.2) is 0 Å². The molecule has 0 aliphatic heterocycles. The molecule has 1 N–H and O–H groups in total. The summed E-state index contributed by atoms with van der Waals surface area (Å²) in [4.78, 5) is 14.0. The summed E-state index contributed by atoms with van der Waals surface area (Å²) in [5.74, 6) is -0.737. The van der Waals surface area contributed by atoms with Gasteiger partial charge < -0.3 is 4.90 Å². The zero-order valence-corrected chi connectivity index (χ0v) is 17.8. The molecule has 0 saturated heterocycles. The van der Waals surface area contributed by atoms with E-state index in [1.165, 1.54) is 35.2 Å². The third-order valence-electron chi connectivity index (χ3n) is 4.46. The minimum Gasteiger partial charge on any atom is -0.337 e. The Morgan fingerprint density at radius 3 is 2.33 bits per heavy atom. The van der Waals surface area contributed by atoms with Crippen molar-refractivity contribution >= 4 is 27.5 Å². The number of nitrogens with zero attached hydrogens (tertiary/aromatic N) is 1. The molecule has 3 aromatic carbocycles. The van der Waals surface area contributed by atoms with Crippen LogP contribution in [0.4, 0.5) is 4.39 Å². The summed E-state index contributed by atoms with van der Waals surface area (Å²) < 4.78 is 41.0. The van der Waals surface area contributed by atoms with Crippen molar-refractivity contribution in [3.8, 4) is 0 Å². The van der Waals surface area contributed by atoms with Crippen LogP contribution in [0.2, 0.25) is 5.02 Å². The third kappa shape index (κ3) is 5.44. The fourth-order valence-corrected chi connectivity index (χ4v) is 4.39. The largest absolute Gasteiger partial charge is 0.337 e. The van der Waals surface area contributed by atoms with Crippen LogP contribution in [-0.2, 0) is 23.1 Å². The highest BCUT2D eigenvalue weighted by Gasteiger charge is 2.21. The van der Waals surface area contributed by atoms with Crippen molar-refractivity contribution in [1.29, 1.82) is 0 Å².